The summed E-state index contributed by atoms with van der Waals surface area (Å²) in [4.78, 5) is 11.6. The number of carbonyl (C=O) groups excluding carboxylic acids is 1. The Bertz CT molecular complexity index is 623. The number of urea groups is 1. The van der Waals surface area contributed by atoms with E-state index in [9.17, 15) is 4.79 Å². The Morgan fingerprint density at radius 3 is 2.95 bits per heavy atom. The summed E-state index contributed by atoms with van der Waals surface area (Å²) in [6.45, 7) is 1.29. The number of carbonyl (C=O) groups is 1. The zero-order valence-corrected chi connectivity index (χ0v) is 12.4. The third-order valence-electron chi connectivity index (χ3n) is 3.73. The molecule has 1 aromatic heterocycles. The van der Waals surface area contributed by atoms with E-state index < -0.39 is 0 Å². The van der Waals surface area contributed by atoms with Gasteiger partial charge in [-0.3, -0.25) is 0 Å². The maximum atomic E-state index is 11.6. The second-order valence-electron chi connectivity index (χ2n) is 5.32. The van der Waals surface area contributed by atoms with Crippen molar-refractivity contribution in [3.05, 3.63) is 53.5 Å². The first-order valence-electron chi connectivity index (χ1n) is 7.60. The van der Waals surface area contributed by atoms with E-state index >= 15 is 0 Å². The summed E-state index contributed by atoms with van der Waals surface area (Å²) in [6.07, 6.45) is 5.13. The molecule has 0 aliphatic heterocycles. The highest BCUT2D eigenvalue weighted by molar-refractivity contribution is 5.73. The van der Waals surface area contributed by atoms with Crippen molar-refractivity contribution in [3.8, 4) is 5.75 Å². The molecular weight excluding hydrogens is 280 g/mol. The molecule has 0 saturated carbocycles. The predicted octanol–water partition coefficient (Wildman–Crippen LogP) is 2.65. The van der Waals surface area contributed by atoms with Gasteiger partial charge in [-0.15, -0.1) is 0 Å². The molecule has 0 fully saturated rings. The SMILES string of the molecule is O=C(NCCOc1ccc2c(c1)CCC2)NCc1ccco1. The molecule has 0 unspecified atom stereocenters. The number of nitrogens with one attached hydrogen (secondary N) is 2. The number of hydrogen-bond acceptors (Lipinski definition) is 3. The first-order chi connectivity index (χ1) is 10.8. The van der Waals surface area contributed by atoms with Crippen LogP contribution in [0.2, 0.25) is 0 Å². The van der Waals surface area contributed by atoms with Crippen molar-refractivity contribution in [2.24, 2.45) is 0 Å². The molecule has 0 spiro atoms. The minimum Gasteiger partial charge on any atom is -0.492 e. The Kier molecular flexibility index (Phi) is 4.63. The minimum absolute atomic E-state index is 0.228. The second-order valence-corrected chi connectivity index (χ2v) is 5.32. The lowest BCUT2D eigenvalue weighted by molar-refractivity contribution is 0.235. The monoisotopic (exact) mass is 300 g/mol. The second kappa shape index (κ2) is 7.02. The van der Waals surface area contributed by atoms with Gasteiger partial charge >= 0.3 is 6.03 Å². The Morgan fingerprint density at radius 2 is 2.09 bits per heavy atom. The number of amides is 2. The van der Waals surface area contributed by atoms with Gasteiger partial charge in [0.15, 0.2) is 0 Å². The predicted molar refractivity (Wildman–Crippen MR) is 82.9 cm³/mol. The van der Waals surface area contributed by atoms with E-state index in [0.29, 0.717) is 19.7 Å². The van der Waals surface area contributed by atoms with E-state index in [-0.39, 0.29) is 6.03 Å². The van der Waals surface area contributed by atoms with E-state index in [2.05, 4.69) is 22.8 Å². The maximum absolute atomic E-state index is 11.6. The Labute approximate surface area is 129 Å². The van der Waals surface area contributed by atoms with Crippen LogP contribution in [0.1, 0.15) is 23.3 Å². The fourth-order valence-electron chi connectivity index (χ4n) is 2.61. The lowest BCUT2D eigenvalue weighted by atomic mass is 10.1. The lowest BCUT2D eigenvalue weighted by Gasteiger charge is -2.09. The van der Waals surface area contributed by atoms with Gasteiger partial charge < -0.3 is 19.8 Å². The van der Waals surface area contributed by atoms with Crippen molar-refractivity contribution in [3.63, 3.8) is 0 Å². The highest BCUT2D eigenvalue weighted by atomic mass is 16.5. The van der Waals surface area contributed by atoms with Crippen LogP contribution in [0.3, 0.4) is 0 Å². The molecule has 2 amide bonds. The van der Waals surface area contributed by atoms with Crippen LogP contribution in [0.4, 0.5) is 4.79 Å². The van der Waals surface area contributed by atoms with E-state index in [1.165, 1.54) is 24.0 Å². The zero-order chi connectivity index (χ0) is 15.2. The summed E-state index contributed by atoms with van der Waals surface area (Å²) >= 11 is 0. The summed E-state index contributed by atoms with van der Waals surface area (Å²) in [5.41, 5.74) is 2.82. The molecule has 5 heteroatoms. The molecule has 0 bridgehead atoms. The largest absolute Gasteiger partial charge is 0.492 e. The first kappa shape index (κ1) is 14.5. The molecule has 116 valence electrons. The summed E-state index contributed by atoms with van der Waals surface area (Å²) in [5, 5.41) is 5.47. The molecule has 2 N–H and O–H groups in total. The fourth-order valence-corrected chi connectivity index (χ4v) is 2.61. The number of rotatable bonds is 6. The molecule has 22 heavy (non-hydrogen) atoms. The van der Waals surface area contributed by atoms with Gasteiger partial charge in [0.1, 0.15) is 18.1 Å². The maximum Gasteiger partial charge on any atom is 0.315 e. The van der Waals surface area contributed by atoms with Gasteiger partial charge in [-0.2, -0.15) is 0 Å². The van der Waals surface area contributed by atoms with E-state index in [4.69, 9.17) is 9.15 Å². The van der Waals surface area contributed by atoms with Crippen LogP contribution in [-0.2, 0) is 19.4 Å². The van der Waals surface area contributed by atoms with Gasteiger partial charge in [-0.1, -0.05) is 6.07 Å². The van der Waals surface area contributed by atoms with Crippen LogP contribution in [0.25, 0.3) is 0 Å². The number of aryl methyl sites for hydroxylation is 2. The normalized spacial score (nSPS) is 12.7. The molecule has 1 aromatic carbocycles. The Hall–Kier alpha value is -2.43. The standard InChI is InChI=1S/C17H20N2O3/c20-17(19-12-16-5-2-9-21-16)18-8-10-22-15-7-6-13-3-1-4-14(13)11-15/h2,5-7,9,11H,1,3-4,8,10,12H2,(H2,18,19,20). The molecule has 1 aliphatic rings. The number of hydrogen-bond donors (Lipinski definition) is 2. The quantitative estimate of drug-likeness (QED) is 0.806. The van der Waals surface area contributed by atoms with Gasteiger partial charge in [0.2, 0.25) is 0 Å². The lowest BCUT2D eigenvalue weighted by Crippen LogP contribution is -2.37. The van der Waals surface area contributed by atoms with Crippen molar-refractivity contribution in [1.29, 1.82) is 0 Å². The third-order valence-corrected chi connectivity index (χ3v) is 3.73. The van der Waals surface area contributed by atoms with Crippen molar-refractivity contribution < 1.29 is 13.9 Å². The van der Waals surface area contributed by atoms with E-state index in [1.807, 2.05) is 12.1 Å². The van der Waals surface area contributed by atoms with Crippen molar-refractivity contribution in [2.75, 3.05) is 13.2 Å². The topological polar surface area (TPSA) is 63.5 Å². The molecule has 0 atom stereocenters. The molecule has 5 nitrogen and oxygen atoms in total. The van der Waals surface area contributed by atoms with Crippen LogP contribution in [0.5, 0.6) is 5.75 Å². The highest BCUT2D eigenvalue weighted by Gasteiger charge is 2.11. The summed E-state index contributed by atoms with van der Waals surface area (Å²) < 4.78 is 10.8. The summed E-state index contributed by atoms with van der Waals surface area (Å²) in [6, 6.07) is 9.63. The molecule has 3 rings (SSSR count). The minimum atomic E-state index is -0.228. The Balaban J connectivity index is 1.34. The van der Waals surface area contributed by atoms with Crippen LogP contribution in [-0.4, -0.2) is 19.2 Å². The molecule has 2 aromatic rings. The van der Waals surface area contributed by atoms with E-state index in [0.717, 1.165) is 17.9 Å². The number of benzene rings is 1. The molecule has 1 aliphatic carbocycles. The van der Waals surface area contributed by atoms with Gasteiger partial charge in [-0.05, 0) is 54.7 Å². The van der Waals surface area contributed by atoms with Crippen LogP contribution >= 0.6 is 0 Å². The summed E-state index contributed by atoms with van der Waals surface area (Å²) in [7, 11) is 0. The van der Waals surface area contributed by atoms with Gasteiger partial charge in [-0.25, -0.2) is 4.79 Å². The van der Waals surface area contributed by atoms with Crippen molar-refractivity contribution in [1.82, 2.24) is 10.6 Å². The van der Waals surface area contributed by atoms with Crippen LogP contribution < -0.4 is 15.4 Å². The smallest absolute Gasteiger partial charge is 0.315 e. The summed E-state index contributed by atoms with van der Waals surface area (Å²) in [5.74, 6) is 1.60. The van der Waals surface area contributed by atoms with Crippen molar-refractivity contribution in [2.45, 2.75) is 25.8 Å². The average Bonchev–Trinajstić information content (AvgIpc) is 3.20. The molecule has 0 radical (unpaired) electrons. The number of fused-ring (bicyclic) bond motifs is 1. The highest BCUT2D eigenvalue weighted by Crippen LogP contribution is 2.25. The van der Waals surface area contributed by atoms with Crippen LogP contribution in [0.15, 0.2) is 41.0 Å². The van der Waals surface area contributed by atoms with Gasteiger partial charge in [0.05, 0.1) is 19.4 Å². The Morgan fingerprint density at radius 1 is 1.18 bits per heavy atom. The first-order valence-corrected chi connectivity index (χ1v) is 7.60. The molecular formula is C17H20N2O3. The fraction of sp³-hybridized carbons (Fsp3) is 0.353. The van der Waals surface area contributed by atoms with Crippen LogP contribution in [0, 0.1) is 0 Å². The molecule has 0 saturated heterocycles. The average molecular weight is 300 g/mol. The number of ether oxygens (including phenoxy) is 1. The van der Waals surface area contributed by atoms with E-state index in [1.54, 1.807) is 12.3 Å². The molecule has 1 heterocycles. The van der Waals surface area contributed by atoms with Gasteiger partial charge in [0.25, 0.3) is 0 Å². The van der Waals surface area contributed by atoms with Crippen molar-refractivity contribution >= 4 is 6.03 Å². The third kappa shape index (κ3) is 3.81. The van der Waals surface area contributed by atoms with Gasteiger partial charge in [0, 0.05) is 0 Å². The zero-order valence-electron chi connectivity index (χ0n) is 12.4. The number of furan rings is 1.